The van der Waals surface area contributed by atoms with Gasteiger partial charge in [0.1, 0.15) is 0 Å². The molecule has 0 unspecified atom stereocenters. The Hall–Kier alpha value is -2.14. The molecule has 0 aliphatic carbocycles. The van der Waals surface area contributed by atoms with E-state index in [0.717, 1.165) is 43.6 Å². The number of rotatable bonds is 5. The van der Waals surface area contributed by atoms with Gasteiger partial charge in [0.05, 0.1) is 0 Å². The molecule has 0 radical (unpaired) electrons. The summed E-state index contributed by atoms with van der Waals surface area (Å²) in [6.45, 7) is 2.26. The van der Waals surface area contributed by atoms with Crippen molar-refractivity contribution in [2.45, 2.75) is 32.4 Å². The number of carboxylic acid groups (broad SMARTS) is 1. The van der Waals surface area contributed by atoms with Gasteiger partial charge in [0.2, 0.25) is 0 Å². The van der Waals surface area contributed by atoms with Crippen LogP contribution in [0.5, 0.6) is 0 Å². The molecule has 2 heterocycles. The monoisotopic (exact) mass is 285 g/mol. The Labute approximate surface area is 123 Å². The maximum atomic E-state index is 11.3. The van der Waals surface area contributed by atoms with Gasteiger partial charge in [0, 0.05) is 37.3 Å². The summed E-state index contributed by atoms with van der Waals surface area (Å²) in [5, 5.41) is 16.8. The van der Waals surface area contributed by atoms with E-state index in [-0.39, 0.29) is 5.69 Å². The quantitative estimate of drug-likeness (QED) is 0.880. The molecule has 3 rings (SSSR count). The first kappa shape index (κ1) is 13.8. The van der Waals surface area contributed by atoms with Gasteiger partial charge in [-0.25, -0.2) is 4.79 Å². The zero-order chi connectivity index (χ0) is 14.7. The topological polar surface area (TPSA) is 67.1 Å². The van der Waals surface area contributed by atoms with Crippen molar-refractivity contribution in [3.05, 3.63) is 52.8 Å². The zero-order valence-corrected chi connectivity index (χ0v) is 11.9. The van der Waals surface area contributed by atoms with E-state index >= 15 is 0 Å². The first-order chi connectivity index (χ1) is 10.3. The van der Waals surface area contributed by atoms with E-state index in [1.165, 1.54) is 5.56 Å². The van der Waals surface area contributed by atoms with Crippen LogP contribution in [0.25, 0.3) is 0 Å². The van der Waals surface area contributed by atoms with Gasteiger partial charge in [-0.15, -0.1) is 0 Å². The first-order valence-corrected chi connectivity index (χ1v) is 7.32. The Bertz CT molecular complexity index is 634. The lowest BCUT2D eigenvalue weighted by atomic mass is 10.1. The normalized spacial score (nSPS) is 13.9. The number of fused-ring (bicyclic) bond motifs is 1. The molecule has 5 nitrogen and oxygen atoms in total. The summed E-state index contributed by atoms with van der Waals surface area (Å²) < 4.78 is 1.89. The molecule has 110 valence electrons. The summed E-state index contributed by atoms with van der Waals surface area (Å²) in [4.78, 5) is 11.3. The molecule has 21 heavy (non-hydrogen) atoms. The van der Waals surface area contributed by atoms with Gasteiger partial charge in [-0.1, -0.05) is 30.3 Å². The van der Waals surface area contributed by atoms with Crippen LogP contribution in [0.15, 0.2) is 30.3 Å². The fourth-order valence-electron chi connectivity index (χ4n) is 2.85. The third-order valence-electron chi connectivity index (χ3n) is 3.89. The number of benzene rings is 1. The summed E-state index contributed by atoms with van der Waals surface area (Å²) in [5.74, 6) is -0.934. The summed E-state index contributed by atoms with van der Waals surface area (Å²) in [7, 11) is 0. The molecule has 0 saturated carbocycles. The standard InChI is InChI=1S/C16H19N3O2/c20-16(21)15-13-11-17-9-8-14(13)19(18-15)10-4-7-12-5-2-1-3-6-12/h1-3,5-6,17H,4,7-11H2,(H,20,21). The number of aromatic nitrogens is 2. The van der Waals surface area contributed by atoms with Gasteiger partial charge < -0.3 is 10.4 Å². The molecule has 1 aromatic heterocycles. The number of aryl methyl sites for hydroxylation is 2. The Morgan fingerprint density at radius 2 is 2.14 bits per heavy atom. The molecule has 5 heteroatoms. The lowest BCUT2D eigenvalue weighted by Gasteiger charge is -2.15. The third kappa shape index (κ3) is 2.97. The van der Waals surface area contributed by atoms with Crippen LogP contribution in [0.4, 0.5) is 0 Å². The predicted molar refractivity (Wildman–Crippen MR) is 79.4 cm³/mol. The highest BCUT2D eigenvalue weighted by Gasteiger charge is 2.24. The highest BCUT2D eigenvalue weighted by atomic mass is 16.4. The molecule has 0 atom stereocenters. The number of hydrogen-bond acceptors (Lipinski definition) is 3. The number of aromatic carboxylic acids is 1. The van der Waals surface area contributed by atoms with Crippen molar-refractivity contribution >= 4 is 5.97 Å². The van der Waals surface area contributed by atoms with Crippen LogP contribution < -0.4 is 5.32 Å². The highest BCUT2D eigenvalue weighted by molar-refractivity contribution is 5.87. The number of hydrogen-bond donors (Lipinski definition) is 2. The van der Waals surface area contributed by atoms with E-state index in [1.54, 1.807) is 0 Å². The smallest absolute Gasteiger partial charge is 0.356 e. The molecule has 2 N–H and O–H groups in total. The summed E-state index contributed by atoms with van der Waals surface area (Å²) in [6, 6.07) is 10.3. The minimum atomic E-state index is -0.934. The zero-order valence-electron chi connectivity index (χ0n) is 11.9. The molecule has 0 spiro atoms. The third-order valence-corrected chi connectivity index (χ3v) is 3.89. The average Bonchev–Trinajstić information content (AvgIpc) is 2.88. The van der Waals surface area contributed by atoms with Crippen molar-refractivity contribution in [1.29, 1.82) is 0 Å². The minimum absolute atomic E-state index is 0.205. The second-order valence-electron chi connectivity index (χ2n) is 5.32. The van der Waals surface area contributed by atoms with Gasteiger partial charge in [0.25, 0.3) is 0 Å². The second-order valence-corrected chi connectivity index (χ2v) is 5.32. The van der Waals surface area contributed by atoms with Gasteiger partial charge in [-0.3, -0.25) is 4.68 Å². The van der Waals surface area contributed by atoms with E-state index < -0.39 is 5.97 Å². The van der Waals surface area contributed by atoms with E-state index in [2.05, 4.69) is 22.5 Å². The minimum Gasteiger partial charge on any atom is -0.476 e. The van der Waals surface area contributed by atoms with Crippen LogP contribution in [-0.4, -0.2) is 27.4 Å². The van der Waals surface area contributed by atoms with Crippen molar-refractivity contribution in [3.8, 4) is 0 Å². The molecule has 0 fully saturated rings. The largest absolute Gasteiger partial charge is 0.476 e. The van der Waals surface area contributed by atoms with Crippen LogP contribution >= 0.6 is 0 Å². The van der Waals surface area contributed by atoms with E-state index in [1.807, 2.05) is 22.9 Å². The fraction of sp³-hybridized carbons (Fsp3) is 0.375. The van der Waals surface area contributed by atoms with Crippen LogP contribution in [0.2, 0.25) is 0 Å². The molecular weight excluding hydrogens is 266 g/mol. The molecule has 0 saturated heterocycles. The molecule has 0 amide bonds. The van der Waals surface area contributed by atoms with E-state index in [9.17, 15) is 9.90 Å². The molecule has 0 bridgehead atoms. The molecular formula is C16H19N3O2. The van der Waals surface area contributed by atoms with Crippen molar-refractivity contribution in [2.24, 2.45) is 0 Å². The van der Waals surface area contributed by atoms with Gasteiger partial charge in [-0.05, 0) is 18.4 Å². The fourth-order valence-corrected chi connectivity index (χ4v) is 2.85. The summed E-state index contributed by atoms with van der Waals surface area (Å²) in [6.07, 6.45) is 2.79. The van der Waals surface area contributed by atoms with Crippen LogP contribution in [0, 0.1) is 0 Å². The molecule has 1 aliphatic rings. The van der Waals surface area contributed by atoms with Crippen LogP contribution in [0.3, 0.4) is 0 Å². The molecule has 1 aromatic carbocycles. The van der Waals surface area contributed by atoms with Crippen molar-refractivity contribution in [2.75, 3.05) is 6.54 Å². The Morgan fingerprint density at radius 3 is 2.90 bits per heavy atom. The molecule has 2 aromatic rings. The van der Waals surface area contributed by atoms with Gasteiger partial charge in [-0.2, -0.15) is 5.10 Å². The number of carboxylic acids is 1. The second kappa shape index (κ2) is 6.10. The Morgan fingerprint density at radius 1 is 1.33 bits per heavy atom. The van der Waals surface area contributed by atoms with Crippen LogP contribution in [0.1, 0.15) is 33.7 Å². The number of nitrogens with one attached hydrogen (secondary N) is 1. The van der Waals surface area contributed by atoms with Crippen molar-refractivity contribution < 1.29 is 9.90 Å². The first-order valence-electron chi connectivity index (χ1n) is 7.32. The van der Waals surface area contributed by atoms with Crippen molar-refractivity contribution in [3.63, 3.8) is 0 Å². The maximum absolute atomic E-state index is 11.3. The maximum Gasteiger partial charge on any atom is 0.356 e. The summed E-state index contributed by atoms with van der Waals surface area (Å²) >= 11 is 0. The lowest BCUT2D eigenvalue weighted by Crippen LogP contribution is -2.25. The Kier molecular flexibility index (Phi) is 4.01. The van der Waals surface area contributed by atoms with E-state index in [4.69, 9.17) is 0 Å². The average molecular weight is 285 g/mol. The highest BCUT2D eigenvalue weighted by Crippen LogP contribution is 2.19. The summed E-state index contributed by atoms with van der Waals surface area (Å²) in [5.41, 5.74) is 3.45. The van der Waals surface area contributed by atoms with Gasteiger partial charge >= 0.3 is 5.97 Å². The molecule has 1 aliphatic heterocycles. The SMILES string of the molecule is O=C(O)c1nn(CCCc2ccccc2)c2c1CNCC2. The van der Waals surface area contributed by atoms with Gasteiger partial charge in [0.15, 0.2) is 5.69 Å². The number of carbonyl (C=O) groups is 1. The predicted octanol–water partition coefficient (Wildman–Crippen LogP) is 1.86. The number of nitrogens with zero attached hydrogens (tertiary/aromatic N) is 2. The van der Waals surface area contributed by atoms with Crippen LogP contribution in [-0.2, 0) is 25.9 Å². The van der Waals surface area contributed by atoms with E-state index in [0.29, 0.717) is 6.54 Å². The Balaban J connectivity index is 1.72. The lowest BCUT2D eigenvalue weighted by molar-refractivity contribution is 0.0688. The van der Waals surface area contributed by atoms with Crippen molar-refractivity contribution in [1.82, 2.24) is 15.1 Å².